The van der Waals surface area contributed by atoms with Gasteiger partial charge in [0.25, 0.3) is 17.5 Å². The van der Waals surface area contributed by atoms with Crippen LogP contribution in [0.5, 0.6) is 0 Å². The average Bonchev–Trinajstić information content (AvgIpc) is 3.82. The molecule has 10 heteroatoms. The number of carbonyl (C=O) groups excluding carboxylic acids is 2. The summed E-state index contributed by atoms with van der Waals surface area (Å²) in [6.07, 6.45) is 7.79. The first-order chi connectivity index (χ1) is 19.8. The Bertz CT molecular complexity index is 1580. The first-order valence-corrected chi connectivity index (χ1v) is 14.6. The van der Waals surface area contributed by atoms with E-state index in [9.17, 15) is 24.5 Å². The van der Waals surface area contributed by atoms with Crippen molar-refractivity contribution in [2.24, 2.45) is 11.8 Å². The standard InChI is InChI=1S/C31H35N5O5/c1-32-30(38)23-12-20(17-10-11-17)15-27(36(40)41)29(23)34-25-13-18-6-2-3-7-19(18)14-26(25)35-31(39)22-16-28(37)33-24-9-5-4-8-21(22)24/h4-5,8-9,12,15-19,25-26,34H,2-3,6-7,10-11,13-14H2,1H3,(H,32,38)(H,33,37)(H,35,39)/t18?,19?,25-,26+/m1/s1. The molecular weight excluding hydrogens is 522 g/mol. The van der Waals surface area contributed by atoms with Gasteiger partial charge < -0.3 is 20.9 Å². The van der Waals surface area contributed by atoms with Crippen molar-refractivity contribution in [1.82, 2.24) is 15.6 Å². The number of nitrogens with one attached hydrogen (secondary N) is 4. The second kappa shape index (κ2) is 11.0. The fourth-order valence-electron chi connectivity index (χ4n) is 6.94. The minimum absolute atomic E-state index is 0.121. The van der Waals surface area contributed by atoms with Crippen LogP contribution in [0.2, 0.25) is 0 Å². The second-order valence-corrected chi connectivity index (χ2v) is 11.8. The van der Waals surface area contributed by atoms with Crippen molar-refractivity contribution in [3.63, 3.8) is 0 Å². The van der Waals surface area contributed by atoms with E-state index in [0.717, 1.165) is 56.9 Å². The molecule has 0 aliphatic heterocycles. The highest BCUT2D eigenvalue weighted by molar-refractivity contribution is 6.06. The monoisotopic (exact) mass is 557 g/mol. The third-order valence-corrected chi connectivity index (χ3v) is 9.16. The molecule has 0 spiro atoms. The van der Waals surface area contributed by atoms with Crippen molar-refractivity contribution in [3.05, 3.63) is 79.6 Å². The van der Waals surface area contributed by atoms with Crippen LogP contribution in [0.3, 0.4) is 0 Å². The number of nitro groups is 1. The van der Waals surface area contributed by atoms with Crippen molar-refractivity contribution >= 4 is 34.1 Å². The number of carbonyl (C=O) groups is 2. The van der Waals surface area contributed by atoms with Crippen molar-refractivity contribution < 1.29 is 14.5 Å². The Labute approximate surface area is 237 Å². The number of aromatic nitrogens is 1. The normalized spacial score (nSPS) is 23.8. The average molecular weight is 558 g/mol. The largest absolute Gasteiger partial charge is 0.374 e. The molecule has 2 amide bonds. The van der Waals surface area contributed by atoms with Gasteiger partial charge in [-0.25, -0.2) is 0 Å². The van der Waals surface area contributed by atoms with Gasteiger partial charge in [-0.15, -0.1) is 0 Å². The Hall–Kier alpha value is -4.21. The van der Waals surface area contributed by atoms with Crippen molar-refractivity contribution in [2.45, 2.75) is 69.4 Å². The first-order valence-electron chi connectivity index (χ1n) is 14.6. The summed E-state index contributed by atoms with van der Waals surface area (Å²) in [5.74, 6) is 0.361. The van der Waals surface area contributed by atoms with E-state index in [2.05, 4.69) is 20.9 Å². The summed E-state index contributed by atoms with van der Waals surface area (Å²) in [4.78, 5) is 53.7. The lowest BCUT2D eigenvalue weighted by Gasteiger charge is -2.44. The Morgan fingerprint density at radius 2 is 1.63 bits per heavy atom. The highest BCUT2D eigenvalue weighted by atomic mass is 16.6. The van der Waals surface area contributed by atoms with Crippen molar-refractivity contribution in [3.8, 4) is 0 Å². The zero-order valence-corrected chi connectivity index (χ0v) is 23.1. The number of anilines is 1. The van der Waals surface area contributed by atoms with E-state index in [1.54, 1.807) is 30.3 Å². The van der Waals surface area contributed by atoms with Gasteiger partial charge in [-0.05, 0) is 61.1 Å². The number of pyridine rings is 1. The van der Waals surface area contributed by atoms with Crippen LogP contribution in [-0.2, 0) is 0 Å². The number of H-pyrrole nitrogens is 1. The number of benzene rings is 2. The van der Waals surface area contributed by atoms with E-state index in [1.165, 1.54) is 13.1 Å². The molecule has 1 aromatic heterocycles. The number of fused-ring (bicyclic) bond motifs is 2. The maximum Gasteiger partial charge on any atom is 0.293 e. The molecule has 2 unspecified atom stereocenters. The van der Waals surface area contributed by atoms with E-state index in [0.29, 0.717) is 28.3 Å². The second-order valence-electron chi connectivity index (χ2n) is 11.8. The summed E-state index contributed by atoms with van der Waals surface area (Å²) in [6, 6.07) is 11.2. The van der Waals surface area contributed by atoms with Crippen LogP contribution in [0.25, 0.3) is 10.9 Å². The van der Waals surface area contributed by atoms with Gasteiger partial charge in [0.1, 0.15) is 5.69 Å². The number of aromatic amines is 1. The molecule has 3 aliphatic carbocycles. The molecule has 4 N–H and O–H groups in total. The topological polar surface area (TPSA) is 146 Å². The molecule has 214 valence electrons. The molecule has 0 bridgehead atoms. The molecule has 4 atom stereocenters. The molecule has 3 aromatic rings. The quantitative estimate of drug-likeness (QED) is 0.241. The van der Waals surface area contributed by atoms with Gasteiger partial charge >= 0.3 is 0 Å². The molecule has 3 saturated carbocycles. The summed E-state index contributed by atoms with van der Waals surface area (Å²) >= 11 is 0. The van der Waals surface area contributed by atoms with E-state index in [4.69, 9.17) is 0 Å². The summed E-state index contributed by atoms with van der Waals surface area (Å²) < 4.78 is 0. The van der Waals surface area contributed by atoms with E-state index >= 15 is 0 Å². The third-order valence-electron chi connectivity index (χ3n) is 9.16. The maximum atomic E-state index is 13.7. The Morgan fingerprint density at radius 3 is 2.32 bits per heavy atom. The third kappa shape index (κ3) is 5.42. The molecule has 3 aliphatic rings. The van der Waals surface area contributed by atoms with Gasteiger partial charge in [0, 0.05) is 42.2 Å². The minimum Gasteiger partial charge on any atom is -0.374 e. The first kappa shape index (κ1) is 27.0. The molecule has 41 heavy (non-hydrogen) atoms. The number of para-hydroxylation sites is 1. The van der Waals surface area contributed by atoms with Crippen LogP contribution in [0.15, 0.2) is 47.3 Å². The lowest BCUT2D eigenvalue weighted by Crippen LogP contribution is -2.53. The summed E-state index contributed by atoms with van der Waals surface area (Å²) in [5.41, 5.74) is 1.64. The fraction of sp³-hybridized carbons (Fsp3) is 0.452. The van der Waals surface area contributed by atoms with Gasteiger partial charge in [0.05, 0.1) is 16.1 Å². The molecule has 3 fully saturated rings. The Morgan fingerprint density at radius 1 is 0.927 bits per heavy atom. The van der Waals surface area contributed by atoms with Crippen molar-refractivity contribution in [1.29, 1.82) is 0 Å². The molecule has 10 nitrogen and oxygen atoms in total. The Kier molecular flexibility index (Phi) is 7.23. The van der Waals surface area contributed by atoms with Crippen LogP contribution in [-0.4, -0.2) is 40.9 Å². The van der Waals surface area contributed by atoms with Crippen LogP contribution in [0, 0.1) is 22.0 Å². The van der Waals surface area contributed by atoms with Gasteiger partial charge in [0.15, 0.2) is 0 Å². The molecule has 6 rings (SSSR count). The highest BCUT2D eigenvalue weighted by Crippen LogP contribution is 2.45. The summed E-state index contributed by atoms with van der Waals surface area (Å²) in [5, 5.41) is 22.2. The van der Waals surface area contributed by atoms with Gasteiger partial charge in [-0.3, -0.25) is 24.5 Å². The van der Waals surface area contributed by atoms with E-state index in [1.807, 2.05) is 6.07 Å². The highest BCUT2D eigenvalue weighted by Gasteiger charge is 2.41. The smallest absolute Gasteiger partial charge is 0.293 e. The van der Waals surface area contributed by atoms with Crippen LogP contribution in [0.4, 0.5) is 11.4 Å². The number of nitrogens with zero attached hydrogens (tertiary/aromatic N) is 1. The van der Waals surface area contributed by atoms with Crippen LogP contribution in [0.1, 0.15) is 83.6 Å². The zero-order valence-electron chi connectivity index (χ0n) is 23.1. The summed E-state index contributed by atoms with van der Waals surface area (Å²) in [6.45, 7) is 0. The molecule has 0 radical (unpaired) electrons. The predicted molar refractivity (Wildman–Crippen MR) is 156 cm³/mol. The van der Waals surface area contributed by atoms with Crippen LogP contribution < -0.4 is 21.5 Å². The molecule has 2 aromatic carbocycles. The number of hydrogen-bond donors (Lipinski definition) is 4. The van der Waals surface area contributed by atoms with Gasteiger partial charge in [0.2, 0.25) is 5.56 Å². The van der Waals surface area contributed by atoms with Crippen LogP contribution >= 0.6 is 0 Å². The van der Waals surface area contributed by atoms with E-state index < -0.39 is 4.92 Å². The maximum absolute atomic E-state index is 13.7. The van der Waals surface area contributed by atoms with Gasteiger partial charge in [-0.1, -0.05) is 43.9 Å². The molecule has 0 saturated heterocycles. The molecular formula is C31H35N5O5. The number of hydrogen-bond acceptors (Lipinski definition) is 6. The number of nitro benzene ring substituents is 1. The summed E-state index contributed by atoms with van der Waals surface area (Å²) in [7, 11) is 1.52. The number of rotatable bonds is 7. The zero-order chi connectivity index (χ0) is 28.7. The Balaban J connectivity index is 1.37. The molecule has 1 heterocycles. The lowest BCUT2D eigenvalue weighted by atomic mass is 9.67. The van der Waals surface area contributed by atoms with Gasteiger partial charge in [-0.2, -0.15) is 0 Å². The number of amides is 2. The predicted octanol–water partition coefficient (Wildman–Crippen LogP) is 4.85. The van der Waals surface area contributed by atoms with Crippen molar-refractivity contribution in [2.75, 3.05) is 12.4 Å². The SMILES string of the molecule is CNC(=O)c1cc(C2CC2)cc([N+](=O)[O-])c1N[C@@H]1CC2CCCCC2C[C@@H]1NC(=O)c1cc(=O)[nH]c2ccccc12. The fourth-order valence-corrected chi connectivity index (χ4v) is 6.94. The van der Waals surface area contributed by atoms with E-state index in [-0.39, 0.29) is 52.3 Å². The lowest BCUT2D eigenvalue weighted by molar-refractivity contribution is -0.384. The minimum atomic E-state index is -0.428.